The molecular weight excluding hydrogens is 494 g/mol. The number of aromatic nitrogens is 1. The van der Waals surface area contributed by atoms with Crippen LogP contribution in [0.3, 0.4) is 0 Å². The highest BCUT2D eigenvalue weighted by molar-refractivity contribution is 7.92. The Kier molecular flexibility index (Phi) is 7.45. The van der Waals surface area contributed by atoms with Gasteiger partial charge < -0.3 is 10.1 Å². The van der Waals surface area contributed by atoms with Crippen LogP contribution in [0.1, 0.15) is 11.1 Å². The van der Waals surface area contributed by atoms with Crippen molar-refractivity contribution < 1.29 is 21.9 Å². The molecule has 33 heavy (non-hydrogen) atoms. The van der Waals surface area contributed by atoms with Crippen LogP contribution in [-0.2, 0) is 27.8 Å². The van der Waals surface area contributed by atoms with E-state index in [-0.39, 0.29) is 18.1 Å². The minimum atomic E-state index is -4.48. The van der Waals surface area contributed by atoms with Crippen molar-refractivity contribution in [2.45, 2.75) is 18.0 Å². The monoisotopic (exact) mass is 514 g/mol. The molecular formula is C21H21ClF2N4O3S2. The Morgan fingerprint density at radius 2 is 1.91 bits per heavy atom. The highest BCUT2D eigenvalue weighted by atomic mass is 35.5. The summed E-state index contributed by atoms with van der Waals surface area (Å²) in [5, 5.41) is 4.90. The topological polar surface area (TPSA) is 83.6 Å². The number of morpholine rings is 1. The van der Waals surface area contributed by atoms with E-state index in [1.165, 1.54) is 10.9 Å². The summed E-state index contributed by atoms with van der Waals surface area (Å²) >= 11 is 7.55. The maximum Gasteiger partial charge on any atom is 0.268 e. The molecule has 0 radical (unpaired) electrons. The van der Waals surface area contributed by atoms with E-state index in [1.807, 2.05) is 12.1 Å². The van der Waals surface area contributed by atoms with Crippen LogP contribution in [0.4, 0.5) is 20.3 Å². The number of ether oxygens (including phenoxy) is 1. The Morgan fingerprint density at radius 3 is 2.58 bits per heavy atom. The van der Waals surface area contributed by atoms with Gasteiger partial charge in [-0.2, -0.15) is 0 Å². The minimum absolute atomic E-state index is 0.00693. The lowest BCUT2D eigenvalue weighted by atomic mass is 10.1. The van der Waals surface area contributed by atoms with Crippen molar-refractivity contribution in [1.29, 1.82) is 0 Å². The quantitative estimate of drug-likeness (QED) is 0.466. The summed E-state index contributed by atoms with van der Waals surface area (Å²) in [6.07, 6.45) is 0. The number of halogens is 3. The van der Waals surface area contributed by atoms with Crippen LogP contribution in [0.25, 0.3) is 0 Å². The van der Waals surface area contributed by atoms with E-state index in [9.17, 15) is 17.2 Å². The van der Waals surface area contributed by atoms with Gasteiger partial charge in [0.05, 0.1) is 18.7 Å². The Hall–Kier alpha value is -2.31. The highest BCUT2D eigenvalue weighted by Gasteiger charge is 2.26. The minimum Gasteiger partial charge on any atom is -0.381 e. The first-order valence-electron chi connectivity index (χ1n) is 10.0. The van der Waals surface area contributed by atoms with Crippen LogP contribution in [0.15, 0.2) is 46.1 Å². The van der Waals surface area contributed by atoms with Crippen molar-refractivity contribution in [2.24, 2.45) is 0 Å². The molecule has 0 spiro atoms. The molecule has 3 aromatic rings. The third-order valence-corrected chi connectivity index (χ3v) is 7.47. The molecule has 1 saturated heterocycles. The molecule has 0 unspecified atom stereocenters. The maximum absolute atomic E-state index is 14.7. The van der Waals surface area contributed by atoms with Crippen LogP contribution in [0.2, 0.25) is 5.02 Å². The highest BCUT2D eigenvalue weighted by Crippen LogP contribution is 2.27. The molecule has 0 amide bonds. The SMILES string of the molecule is O=S(=O)(Nc1cscn1)c1c(F)cc(NCc2c(Cl)cccc2CN2CCOCC2)cc1F. The molecule has 2 aromatic carbocycles. The van der Waals surface area contributed by atoms with E-state index in [4.69, 9.17) is 16.3 Å². The Morgan fingerprint density at radius 1 is 1.18 bits per heavy atom. The zero-order valence-electron chi connectivity index (χ0n) is 17.4. The molecule has 12 heteroatoms. The summed E-state index contributed by atoms with van der Waals surface area (Å²) in [7, 11) is -4.48. The van der Waals surface area contributed by atoms with Gasteiger partial charge in [-0.25, -0.2) is 22.2 Å². The molecule has 0 atom stereocenters. The zero-order valence-corrected chi connectivity index (χ0v) is 19.7. The summed E-state index contributed by atoms with van der Waals surface area (Å²) in [5.74, 6) is -2.44. The van der Waals surface area contributed by atoms with Gasteiger partial charge in [-0.15, -0.1) is 11.3 Å². The van der Waals surface area contributed by atoms with Gasteiger partial charge in [0.2, 0.25) is 0 Å². The zero-order chi connectivity index (χ0) is 23.4. The lowest BCUT2D eigenvalue weighted by Crippen LogP contribution is -2.36. The van der Waals surface area contributed by atoms with Gasteiger partial charge in [-0.1, -0.05) is 23.7 Å². The van der Waals surface area contributed by atoms with E-state index in [2.05, 4.69) is 19.9 Å². The first kappa shape index (κ1) is 23.8. The lowest BCUT2D eigenvalue weighted by Gasteiger charge is -2.27. The van der Waals surface area contributed by atoms with Crippen LogP contribution < -0.4 is 10.0 Å². The van der Waals surface area contributed by atoms with E-state index in [1.54, 1.807) is 6.07 Å². The van der Waals surface area contributed by atoms with Crippen molar-refractivity contribution in [3.63, 3.8) is 0 Å². The molecule has 4 rings (SSSR count). The van der Waals surface area contributed by atoms with Crippen molar-refractivity contribution in [3.05, 3.63) is 69.0 Å². The molecule has 0 bridgehead atoms. The van der Waals surface area contributed by atoms with Gasteiger partial charge in [-0.05, 0) is 29.3 Å². The second-order valence-electron chi connectivity index (χ2n) is 7.37. The number of anilines is 2. The van der Waals surface area contributed by atoms with Gasteiger partial charge in [0.1, 0.15) is 11.6 Å². The molecule has 1 aromatic heterocycles. The number of hydrogen-bond acceptors (Lipinski definition) is 7. The Balaban J connectivity index is 1.51. The number of nitrogens with zero attached hydrogens (tertiary/aromatic N) is 2. The van der Waals surface area contributed by atoms with Crippen LogP contribution in [0, 0.1) is 11.6 Å². The van der Waals surface area contributed by atoms with Crippen molar-refractivity contribution in [3.8, 4) is 0 Å². The molecule has 0 saturated carbocycles. The fourth-order valence-corrected chi connectivity index (χ4v) is 5.45. The fraction of sp³-hybridized carbons (Fsp3) is 0.286. The number of sulfonamides is 1. The predicted octanol–water partition coefficient (Wildman–Crippen LogP) is 4.32. The molecule has 1 fully saturated rings. The predicted molar refractivity (Wildman–Crippen MR) is 124 cm³/mol. The molecule has 176 valence electrons. The summed E-state index contributed by atoms with van der Waals surface area (Å²) in [6.45, 7) is 3.82. The molecule has 2 N–H and O–H groups in total. The van der Waals surface area contributed by atoms with Gasteiger partial charge in [0, 0.05) is 42.3 Å². The van der Waals surface area contributed by atoms with Crippen molar-refractivity contribution >= 4 is 44.5 Å². The maximum atomic E-state index is 14.7. The van der Waals surface area contributed by atoms with Crippen LogP contribution in [0.5, 0.6) is 0 Å². The van der Waals surface area contributed by atoms with Gasteiger partial charge >= 0.3 is 0 Å². The average molecular weight is 515 g/mol. The number of hydrogen-bond donors (Lipinski definition) is 2. The number of nitrogens with one attached hydrogen (secondary N) is 2. The van der Waals surface area contributed by atoms with E-state index < -0.39 is 26.6 Å². The van der Waals surface area contributed by atoms with E-state index >= 15 is 0 Å². The summed E-state index contributed by atoms with van der Waals surface area (Å²) < 4.78 is 61.6. The lowest BCUT2D eigenvalue weighted by molar-refractivity contribution is 0.0341. The number of thiazole rings is 1. The van der Waals surface area contributed by atoms with Crippen molar-refractivity contribution in [2.75, 3.05) is 36.3 Å². The second-order valence-corrected chi connectivity index (χ2v) is 10.1. The fourth-order valence-electron chi connectivity index (χ4n) is 3.51. The van der Waals surface area contributed by atoms with Gasteiger partial charge in [0.25, 0.3) is 10.0 Å². The number of rotatable bonds is 8. The summed E-state index contributed by atoms with van der Waals surface area (Å²) in [5.41, 5.74) is 3.28. The number of benzene rings is 2. The molecule has 1 aliphatic heterocycles. The largest absolute Gasteiger partial charge is 0.381 e. The van der Waals surface area contributed by atoms with E-state index in [0.717, 1.165) is 47.7 Å². The van der Waals surface area contributed by atoms with Gasteiger partial charge in [-0.3, -0.25) is 9.62 Å². The third kappa shape index (κ3) is 5.79. The summed E-state index contributed by atoms with van der Waals surface area (Å²) in [4.78, 5) is 4.95. The van der Waals surface area contributed by atoms with Crippen LogP contribution >= 0.6 is 22.9 Å². The average Bonchev–Trinajstić information content (AvgIpc) is 3.25. The van der Waals surface area contributed by atoms with Crippen molar-refractivity contribution in [1.82, 2.24) is 9.88 Å². The first-order valence-corrected chi connectivity index (χ1v) is 12.8. The summed E-state index contributed by atoms with van der Waals surface area (Å²) in [6, 6.07) is 7.45. The molecule has 1 aliphatic rings. The van der Waals surface area contributed by atoms with Crippen LogP contribution in [-0.4, -0.2) is 44.6 Å². The Bertz CT molecular complexity index is 1200. The van der Waals surface area contributed by atoms with Gasteiger partial charge in [0.15, 0.2) is 10.7 Å². The normalized spacial score (nSPS) is 14.9. The standard InChI is InChI=1S/C21H21ClF2N4O3S2/c22-17-3-1-2-14(11-28-4-6-31-7-5-28)16(17)10-25-15-8-18(23)21(19(24)9-15)33(29,30)27-20-12-32-13-26-20/h1-3,8-9,12-13,25,27H,4-7,10-11H2. The smallest absolute Gasteiger partial charge is 0.268 e. The third-order valence-electron chi connectivity index (χ3n) is 5.12. The first-order chi connectivity index (χ1) is 15.8. The molecule has 7 nitrogen and oxygen atoms in total. The second kappa shape index (κ2) is 10.3. The van der Waals surface area contributed by atoms with E-state index in [0.29, 0.717) is 24.8 Å². The Labute approximate surface area is 199 Å². The molecule has 2 heterocycles. The molecule has 0 aliphatic carbocycles.